The molecule has 210 valence electrons. The molecule has 3 rings (SSSR count). The first-order valence-electron chi connectivity index (χ1n) is 13.6. The number of methoxy groups -OCH3 is 1. The number of likely N-dealkylation sites (tertiary alicyclic amines) is 1. The Hall–Kier alpha value is -1.52. The molecule has 37 heavy (non-hydrogen) atoms. The Morgan fingerprint density at radius 2 is 1.68 bits per heavy atom. The van der Waals surface area contributed by atoms with E-state index in [-0.39, 0.29) is 12.5 Å². The minimum absolute atomic E-state index is 0.0300. The third-order valence-corrected chi connectivity index (χ3v) is 9.90. The molecule has 8 nitrogen and oxygen atoms in total. The van der Waals surface area contributed by atoms with Crippen molar-refractivity contribution >= 4 is 16.9 Å². The van der Waals surface area contributed by atoms with E-state index in [4.69, 9.17) is 9.47 Å². The highest BCUT2D eigenvalue weighted by Crippen LogP contribution is 2.29. The number of likely N-dealkylation sites (N-methyl/N-ethyl adjacent to an activating group) is 3. The topological polar surface area (TPSA) is 65.6 Å². The fraction of sp³-hybridized carbons (Fsp3) is 0.750. The molecule has 1 aliphatic carbocycles. The number of amides is 1. The second-order valence-electron chi connectivity index (χ2n) is 11.1. The summed E-state index contributed by atoms with van der Waals surface area (Å²) in [5.41, 5.74) is 1.88. The van der Waals surface area contributed by atoms with Gasteiger partial charge in [-0.25, -0.2) is 8.51 Å². The zero-order chi connectivity index (χ0) is 27.1. The van der Waals surface area contributed by atoms with E-state index in [2.05, 4.69) is 23.9 Å². The van der Waals surface area contributed by atoms with E-state index in [1.807, 2.05) is 45.0 Å². The fourth-order valence-corrected chi connectivity index (χ4v) is 6.90. The van der Waals surface area contributed by atoms with Gasteiger partial charge in [0.2, 0.25) is 5.91 Å². The number of hydrogen-bond acceptors (Lipinski definition) is 6. The summed E-state index contributed by atoms with van der Waals surface area (Å²) in [5, 5.41) is 0. The van der Waals surface area contributed by atoms with Gasteiger partial charge in [-0.15, -0.1) is 0 Å². The van der Waals surface area contributed by atoms with Crippen LogP contribution in [0.25, 0.3) is 0 Å². The third kappa shape index (κ3) is 8.23. The van der Waals surface area contributed by atoms with Crippen LogP contribution in [0.3, 0.4) is 0 Å². The van der Waals surface area contributed by atoms with Crippen molar-refractivity contribution in [2.75, 3.05) is 74.7 Å². The zero-order valence-corrected chi connectivity index (χ0v) is 24.8. The van der Waals surface area contributed by atoms with Crippen molar-refractivity contribution < 1.29 is 18.5 Å². The van der Waals surface area contributed by atoms with Gasteiger partial charge in [-0.1, -0.05) is 0 Å². The lowest BCUT2D eigenvalue weighted by atomic mass is 9.85. The summed E-state index contributed by atoms with van der Waals surface area (Å²) in [6.07, 6.45) is 5.78. The van der Waals surface area contributed by atoms with Crippen LogP contribution in [0, 0.1) is 19.8 Å². The minimum atomic E-state index is -1.30. The lowest BCUT2D eigenvalue weighted by molar-refractivity contribution is -0.137. The second-order valence-corrected chi connectivity index (χ2v) is 12.6. The summed E-state index contributed by atoms with van der Waals surface area (Å²) in [7, 11) is 8.42. The highest BCUT2D eigenvalue weighted by atomic mass is 32.2. The number of carbonyl (C=O) groups excluding carboxylic acids is 1. The van der Waals surface area contributed by atoms with Crippen LogP contribution in [0.1, 0.15) is 43.2 Å². The highest BCUT2D eigenvalue weighted by Gasteiger charge is 2.30. The summed E-state index contributed by atoms with van der Waals surface area (Å²) in [6, 6.07) is 4.80. The third-order valence-electron chi connectivity index (χ3n) is 8.15. The normalized spacial score (nSPS) is 23.5. The minimum Gasteiger partial charge on any atom is -0.497 e. The van der Waals surface area contributed by atoms with Crippen molar-refractivity contribution in [1.82, 2.24) is 19.0 Å². The first-order chi connectivity index (χ1) is 17.6. The Morgan fingerprint density at radius 1 is 1.03 bits per heavy atom. The van der Waals surface area contributed by atoms with E-state index in [9.17, 15) is 9.00 Å². The van der Waals surface area contributed by atoms with Crippen molar-refractivity contribution in [3.05, 3.63) is 23.3 Å². The van der Waals surface area contributed by atoms with Crippen molar-refractivity contribution in [3.8, 4) is 5.75 Å². The number of nitrogens with zero attached hydrogens (tertiary/aromatic N) is 4. The first kappa shape index (κ1) is 30.0. The standard InChI is InChI=1S/C28H48N4O4S/c1-21-16-26(35-7)17-22(2)28(21)37(34)30(5)14-15-36-20-27(33)31(6)24-10-8-23(9-11-24)18-32-13-12-25(19-32)29(3)4/h16-17,23-25H,8-15,18-20H2,1-7H3. The quantitative estimate of drug-likeness (QED) is 0.383. The van der Waals surface area contributed by atoms with E-state index in [0.717, 1.165) is 40.5 Å². The average molecular weight is 537 g/mol. The molecule has 0 spiro atoms. The molecule has 1 amide bonds. The molecule has 0 radical (unpaired) electrons. The van der Waals surface area contributed by atoms with E-state index >= 15 is 0 Å². The molecular weight excluding hydrogens is 488 g/mol. The second kappa shape index (κ2) is 14.0. The van der Waals surface area contributed by atoms with Gasteiger partial charge in [-0.05, 0) is 95.8 Å². The van der Waals surface area contributed by atoms with E-state index in [1.165, 1.54) is 38.9 Å². The molecule has 1 saturated heterocycles. The van der Waals surface area contributed by atoms with Crippen LogP contribution in [0.5, 0.6) is 5.75 Å². The molecule has 0 bridgehead atoms. The Morgan fingerprint density at radius 3 is 2.24 bits per heavy atom. The van der Waals surface area contributed by atoms with Gasteiger partial charge in [0.25, 0.3) is 0 Å². The molecular formula is C28H48N4O4S. The van der Waals surface area contributed by atoms with Gasteiger partial charge in [0.1, 0.15) is 23.3 Å². The van der Waals surface area contributed by atoms with Gasteiger partial charge < -0.3 is 24.2 Å². The lowest BCUT2D eigenvalue weighted by Gasteiger charge is -2.36. The number of rotatable bonds is 12. The van der Waals surface area contributed by atoms with Crippen LogP contribution < -0.4 is 4.74 Å². The van der Waals surface area contributed by atoms with Gasteiger partial charge in [0, 0.05) is 45.8 Å². The van der Waals surface area contributed by atoms with Crippen molar-refractivity contribution in [3.63, 3.8) is 0 Å². The molecule has 1 heterocycles. The average Bonchev–Trinajstić information content (AvgIpc) is 3.34. The van der Waals surface area contributed by atoms with E-state index in [1.54, 1.807) is 11.4 Å². The molecule has 0 aromatic heterocycles. The Balaban J connectivity index is 1.35. The molecule has 1 aromatic rings. The van der Waals surface area contributed by atoms with E-state index in [0.29, 0.717) is 25.2 Å². The monoisotopic (exact) mass is 536 g/mol. The molecule has 0 N–H and O–H groups in total. The summed E-state index contributed by atoms with van der Waals surface area (Å²) in [5.74, 6) is 1.54. The molecule has 2 fully saturated rings. The van der Waals surface area contributed by atoms with Gasteiger partial charge >= 0.3 is 0 Å². The largest absolute Gasteiger partial charge is 0.497 e. The van der Waals surface area contributed by atoms with Gasteiger partial charge in [-0.3, -0.25) is 4.79 Å². The van der Waals surface area contributed by atoms with Crippen LogP contribution in [-0.2, 0) is 20.5 Å². The van der Waals surface area contributed by atoms with Gasteiger partial charge in [0.05, 0.1) is 18.6 Å². The maximum Gasteiger partial charge on any atom is 0.248 e. The highest BCUT2D eigenvalue weighted by molar-refractivity contribution is 7.82. The molecule has 1 aromatic carbocycles. The number of carbonyl (C=O) groups is 1. The molecule has 2 unspecified atom stereocenters. The Labute approximate surface area is 226 Å². The number of aryl methyl sites for hydroxylation is 2. The predicted molar refractivity (Wildman–Crippen MR) is 149 cm³/mol. The SMILES string of the molecule is COc1cc(C)c(S(=O)N(C)CCOCC(=O)N(C)C2CCC(CN3CCC(N(C)C)C3)CC2)c(C)c1. The van der Waals surface area contributed by atoms with Crippen LogP contribution in [0.4, 0.5) is 0 Å². The number of benzene rings is 1. The molecule has 1 aliphatic heterocycles. The van der Waals surface area contributed by atoms with E-state index < -0.39 is 11.0 Å². The molecule has 2 aliphatic rings. The van der Waals surface area contributed by atoms with Crippen molar-refractivity contribution in [1.29, 1.82) is 0 Å². The smallest absolute Gasteiger partial charge is 0.248 e. The number of hydrogen-bond donors (Lipinski definition) is 0. The zero-order valence-electron chi connectivity index (χ0n) is 24.0. The Bertz CT molecular complexity index is 896. The summed E-state index contributed by atoms with van der Waals surface area (Å²) < 4.78 is 25.8. The fourth-order valence-electron chi connectivity index (χ4n) is 5.68. The molecule has 9 heteroatoms. The van der Waals surface area contributed by atoms with Gasteiger partial charge in [0.15, 0.2) is 0 Å². The summed E-state index contributed by atoms with van der Waals surface area (Å²) >= 11 is 0. The number of ether oxygens (including phenoxy) is 2. The summed E-state index contributed by atoms with van der Waals surface area (Å²) in [6.45, 7) is 8.38. The predicted octanol–water partition coefficient (Wildman–Crippen LogP) is 2.94. The van der Waals surface area contributed by atoms with Crippen LogP contribution in [0.2, 0.25) is 0 Å². The van der Waals surface area contributed by atoms with Crippen molar-refractivity contribution in [2.45, 2.75) is 62.9 Å². The molecule has 2 atom stereocenters. The van der Waals surface area contributed by atoms with Crippen LogP contribution in [-0.4, -0.2) is 116 Å². The van der Waals surface area contributed by atoms with Crippen molar-refractivity contribution in [2.24, 2.45) is 5.92 Å². The lowest BCUT2D eigenvalue weighted by Crippen LogP contribution is -2.42. The Kier molecular flexibility index (Phi) is 11.4. The van der Waals surface area contributed by atoms with Gasteiger partial charge in [-0.2, -0.15) is 0 Å². The van der Waals surface area contributed by atoms with Crippen LogP contribution in [0.15, 0.2) is 17.0 Å². The summed E-state index contributed by atoms with van der Waals surface area (Å²) in [4.78, 5) is 20.4. The molecule has 1 saturated carbocycles. The van der Waals surface area contributed by atoms with Crippen LogP contribution >= 0.6 is 0 Å². The maximum atomic E-state index is 13.1. The maximum absolute atomic E-state index is 13.1. The first-order valence-corrected chi connectivity index (χ1v) is 14.7.